The summed E-state index contributed by atoms with van der Waals surface area (Å²) in [6.07, 6.45) is 6.16. The first-order valence-electron chi connectivity index (χ1n) is 11.5. The average molecular weight is 406 g/mol. The molecule has 0 radical (unpaired) electrons. The van der Waals surface area contributed by atoms with Crippen LogP contribution >= 0.6 is 0 Å². The van der Waals surface area contributed by atoms with Gasteiger partial charge >= 0.3 is 0 Å². The third-order valence-electron chi connectivity index (χ3n) is 6.61. The number of piperidine rings is 1. The van der Waals surface area contributed by atoms with Crippen molar-refractivity contribution in [3.8, 4) is 0 Å². The first-order valence-corrected chi connectivity index (χ1v) is 11.5. The van der Waals surface area contributed by atoms with Crippen LogP contribution in [0.5, 0.6) is 0 Å². The summed E-state index contributed by atoms with van der Waals surface area (Å²) in [5.74, 6) is 0.0292. The van der Waals surface area contributed by atoms with Crippen LogP contribution < -0.4 is 10.2 Å². The lowest BCUT2D eigenvalue weighted by molar-refractivity contribution is 0.0924. The van der Waals surface area contributed by atoms with Crippen LogP contribution in [0, 0.1) is 13.8 Å². The molecule has 1 atom stereocenters. The number of amides is 1. The molecule has 0 aromatic heterocycles. The Labute approximate surface area is 181 Å². The van der Waals surface area contributed by atoms with Gasteiger partial charge in [0.05, 0.1) is 6.04 Å². The van der Waals surface area contributed by atoms with Gasteiger partial charge in [-0.2, -0.15) is 0 Å². The topological polar surface area (TPSA) is 35.6 Å². The van der Waals surface area contributed by atoms with Crippen LogP contribution in [-0.4, -0.2) is 44.0 Å². The fraction of sp³-hybridized carbons (Fsp3) is 0.500. The van der Waals surface area contributed by atoms with Crippen LogP contribution in [0.25, 0.3) is 0 Å². The lowest BCUT2D eigenvalue weighted by atomic mass is 9.95. The molecule has 0 spiro atoms. The standard InChI is InChI=1S/C26H35N3O/c1-19-14-20(2)16-23(15-19)26(30)27-18-25(29-12-5-4-6-13-29)22-9-10-24-21(17-22)8-7-11-28(24)3/h9-10,14-17,25H,4-8,11-13,18H2,1-3H3,(H,27,30)/t25-/m1/s1. The molecule has 160 valence electrons. The Morgan fingerprint density at radius 2 is 1.70 bits per heavy atom. The van der Waals surface area contributed by atoms with Crippen LogP contribution in [0.3, 0.4) is 0 Å². The fourth-order valence-corrected chi connectivity index (χ4v) is 5.10. The lowest BCUT2D eigenvalue weighted by Crippen LogP contribution is -2.40. The quantitative estimate of drug-likeness (QED) is 0.787. The maximum Gasteiger partial charge on any atom is 0.251 e. The highest BCUT2D eigenvalue weighted by Crippen LogP contribution is 2.31. The number of hydrogen-bond donors (Lipinski definition) is 1. The number of rotatable bonds is 5. The molecule has 1 N–H and O–H groups in total. The average Bonchev–Trinajstić information content (AvgIpc) is 2.74. The monoisotopic (exact) mass is 405 g/mol. The van der Waals surface area contributed by atoms with Crippen LogP contribution in [0.2, 0.25) is 0 Å². The van der Waals surface area contributed by atoms with Crippen LogP contribution in [-0.2, 0) is 6.42 Å². The number of aryl methyl sites for hydroxylation is 3. The van der Waals surface area contributed by atoms with E-state index in [1.165, 1.54) is 42.5 Å². The molecule has 4 heteroatoms. The molecule has 0 unspecified atom stereocenters. The highest BCUT2D eigenvalue weighted by atomic mass is 16.1. The van der Waals surface area contributed by atoms with Gasteiger partial charge in [-0.1, -0.05) is 35.7 Å². The number of nitrogens with one attached hydrogen (secondary N) is 1. The second kappa shape index (κ2) is 9.22. The van der Waals surface area contributed by atoms with Crippen molar-refractivity contribution in [3.63, 3.8) is 0 Å². The van der Waals surface area contributed by atoms with E-state index >= 15 is 0 Å². The van der Waals surface area contributed by atoms with Crippen LogP contribution in [0.1, 0.15) is 64.3 Å². The van der Waals surface area contributed by atoms with Gasteiger partial charge in [0.15, 0.2) is 0 Å². The molecule has 4 nitrogen and oxygen atoms in total. The zero-order chi connectivity index (χ0) is 21.1. The minimum Gasteiger partial charge on any atom is -0.374 e. The summed E-state index contributed by atoms with van der Waals surface area (Å²) in [5, 5.41) is 3.25. The second-order valence-corrected chi connectivity index (χ2v) is 9.11. The maximum absolute atomic E-state index is 12.9. The van der Waals surface area contributed by atoms with Gasteiger partial charge in [0.2, 0.25) is 0 Å². The van der Waals surface area contributed by atoms with E-state index in [1.54, 1.807) is 0 Å². The van der Waals surface area contributed by atoms with Crippen molar-refractivity contribution in [1.29, 1.82) is 0 Å². The molecule has 0 saturated carbocycles. The Morgan fingerprint density at radius 3 is 2.43 bits per heavy atom. The van der Waals surface area contributed by atoms with Crippen molar-refractivity contribution in [1.82, 2.24) is 10.2 Å². The number of carbonyl (C=O) groups is 1. The summed E-state index contributed by atoms with van der Waals surface area (Å²) in [7, 11) is 2.18. The minimum absolute atomic E-state index is 0.0292. The zero-order valence-electron chi connectivity index (χ0n) is 18.7. The van der Waals surface area contributed by atoms with Crippen LogP contribution in [0.15, 0.2) is 36.4 Å². The van der Waals surface area contributed by atoms with Crippen LogP contribution in [0.4, 0.5) is 5.69 Å². The summed E-state index contributed by atoms with van der Waals surface area (Å²) in [6, 6.07) is 13.3. The first kappa shape index (κ1) is 20.9. The van der Waals surface area contributed by atoms with E-state index < -0.39 is 0 Å². The SMILES string of the molecule is Cc1cc(C)cc(C(=O)NC[C@H](c2ccc3c(c2)CCCN3C)N2CCCCC2)c1. The number of likely N-dealkylation sites (tertiary alicyclic amines) is 1. The van der Waals surface area contributed by atoms with Gasteiger partial charge in [-0.3, -0.25) is 9.69 Å². The zero-order valence-corrected chi connectivity index (χ0v) is 18.7. The Hall–Kier alpha value is -2.33. The van der Waals surface area contributed by atoms with Crippen molar-refractivity contribution in [2.45, 2.75) is 52.0 Å². The van der Waals surface area contributed by atoms with Gasteiger partial charge in [-0.15, -0.1) is 0 Å². The molecule has 1 fully saturated rings. The van der Waals surface area contributed by atoms with E-state index in [4.69, 9.17) is 0 Å². The highest BCUT2D eigenvalue weighted by molar-refractivity contribution is 5.94. The molecule has 2 aromatic carbocycles. The largest absolute Gasteiger partial charge is 0.374 e. The summed E-state index contributed by atoms with van der Waals surface area (Å²) in [5.41, 5.74) is 7.17. The van der Waals surface area contributed by atoms with Crippen molar-refractivity contribution in [2.75, 3.05) is 38.1 Å². The van der Waals surface area contributed by atoms with Crippen molar-refractivity contribution in [3.05, 3.63) is 64.2 Å². The van der Waals surface area contributed by atoms with Crippen molar-refractivity contribution < 1.29 is 4.79 Å². The Morgan fingerprint density at radius 1 is 0.967 bits per heavy atom. The summed E-state index contributed by atoms with van der Waals surface area (Å²) in [6.45, 7) is 8.10. The number of anilines is 1. The normalized spacial score (nSPS) is 18.0. The third-order valence-corrected chi connectivity index (χ3v) is 6.61. The predicted octanol–water partition coefficient (Wildman–Crippen LogP) is 4.64. The van der Waals surface area contributed by atoms with E-state index in [0.29, 0.717) is 6.54 Å². The van der Waals surface area contributed by atoms with Gasteiger partial charge in [-0.25, -0.2) is 0 Å². The summed E-state index contributed by atoms with van der Waals surface area (Å²) >= 11 is 0. The second-order valence-electron chi connectivity index (χ2n) is 9.11. The number of hydrogen-bond acceptors (Lipinski definition) is 3. The van der Waals surface area contributed by atoms with Gasteiger partial charge < -0.3 is 10.2 Å². The van der Waals surface area contributed by atoms with Gasteiger partial charge in [0.1, 0.15) is 0 Å². The van der Waals surface area contributed by atoms with Crippen molar-refractivity contribution >= 4 is 11.6 Å². The fourth-order valence-electron chi connectivity index (χ4n) is 5.10. The van der Waals surface area contributed by atoms with E-state index in [1.807, 2.05) is 26.0 Å². The summed E-state index contributed by atoms with van der Waals surface area (Å²) < 4.78 is 0. The first-order chi connectivity index (χ1) is 14.5. The van der Waals surface area contributed by atoms with E-state index in [9.17, 15) is 4.79 Å². The van der Waals surface area contributed by atoms with E-state index in [0.717, 1.165) is 42.7 Å². The number of fused-ring (bicyclic) bond motifs is 1. The van der Waals surface area contributed by atoms with Gasteiger partial charge in [0, 0.05) is 31.4 Å². The molecule has 0 aliphatic carbocycles. The van der Waals surface area contributed by atoms with Gasteiger partial charge in [-0.05, 0) is 81.9 Å². The Kier molecular flexibility index (Phi) is 6.43. The Balaban J connectivity index is 1.55. The van der Waals surface area contributed by atoms with Gasteiger partial charge in [0.25, 0.3) is 5.91 Å². The molecule has 30 heavy (non-hydrogen) atoms. The molecule has 2 heterocycles. The van der Waals surface area contributed by atoms with E-state index in [2.05, 4.69) is 46.4 Å². The smallest absolute Gasteiger partial charge is 0.251 e. The number of carbonyl (C=O) groups excluding carboxylic acids is 1. The third kappa shape index (κ3) is 4.70. The Bertz CT molecular complexity index is 881. The predicted molar refractivity (Wildman–Crippen MR) is 124 cm³/mol. The molecule has 0 bridgehead atoms. The minimum atomic E-state index is 0.0292. The molecular formula is C26H35N3O. The molecule has 2 aliphatic heterocycles. The molecule has 4 rings (SSSR count). The van der Waals surface area contributed by atoms with E-state index in [-0.39, 0.29) is 11.9 Å². The molecule has 1 amide bonds. The molecule has 1 saturated heterocycles. The number of nitrogens with zero attached hydrogens (tertiary/aromatic N) is 2. The molecule has 2 aliphatic rings. The lowest BCUT2D eigenvalue weighted by Gasteiger charge is -2.36. The van der Waals surface area contributed by atoms with Crippen molar-refractivity contribution in [2.24, 2.45) is 0 Å². The maximum atomic E-state index is 12.9. The number of benzene rings is 2. The summed E-state index contributed by atoms with van der Waals surface area (Å²) in [4.78, 5) is 17.8. The highest BCUT2D eigenvalue weighted by Gasteiger charge is 2.25. The molecule has 2 aromatic rings. The molecular weight excluding hydrogens is 370 g/mol.